The molecule has 0 aliphatic heterocycles. The molecule has 1 atom stereocenters. The molecule has 3 nitrogen and oxygen atoms in total. The maximum Gasteiger partial charge on any atom is 0.320 e. The fraction of sp³-hybridized carbons (Fsp3) is 0.833. The second-order valence-corrected chi connectivity index (χ2v) is 2.43. The summed E-state index contributed by atoms with van der Waals surface area (Å²) in [7, 11) is 0. The maximum atomic E-state index is 10.2. The fourth-order valence-corrected chi connectivity index (χ4v) is 0.527. The van der Waals surface area contributed by atoms with Crippen LogP contribution in [-0.2, 0) is 4.79 Å². The van der Waals surface area contributed by atoms with Crippen LogP contribution in [0.1, 0.15) is 21.6 Å². The number of carboxylic acid groups (broad SMARTS) is 1. The summed E-state index contributed by atoms with van der Waals surface area (Å²) in [4.78, 5) is 10.2. The Labute approximate surface area is 56.3 Å². The highest BCUT2D eigenvalue weighted by molar-refractivity contribution is 5.72. The van der Waals surface area contributed by atoms with Gasteiger partial charge in [0, 0.05) is 0 Å². The second kappa shape index (κ2) is 3.45. The highest BCUT2D eigenvalue weighted by atomic mass is 16.4. The molecular weight excluding hydrogens is 118 g/mol. The average Bonchev–Trinajstić information content (AvgIpc) is 1.60. The van der Waals surface area contributed by atoms with Gasteiger partial charge in [-0.2, -0.15) is 0 Å². The summed E-state index contributed by atoms with van der Waals surface area (Å²) < 4.78 is 7.09. The van der Waals surface area contributed by atoms with E-state index in [0.29, 0.717) is 0 Å². The molecule has 0 amide bonds. The largest absolute Gasteiger partial charge is 0.480 e. The van der Waals surface area contributed by atoms with Crippen molar-refractivity contribution >= 4 is 5.97 Å². The van der Waals surface area contributed by atoms with Gasteiger partial charge in [-0.25, -0.2) is 0 Å². The standard InChI is InChI=1S/C6H13NO2/c1-4(2)3-5(7)6(8)9/h4-5H,3,7H2,1-2H3,(H,8,9)/t5-/m0/s1/i5D. The predicted molar refractivity (Wildman–Crippen MR) is 35.1 cm³/mol. The molecular formula is C6H13NO2. The van der Waals surface area contributed by atoms with Crippen LogP contribution in [0.2, 0.25) is 0 Å². The Bertz CT molecular complexity index is 134. The highest BCUT2D eigenvalue weighted by Crippen LogP contribution is 2.01. The van der Waals surface area contributed by atoms with Gasteiger partial charge in [-0.15, -0.1) is 0 Å². The molecule has 0 rings (SSSR count). The third-order valence-corrected chi connectivity index (χ3v) is 0.903. The van der Waals surface area contributed by atoms with Gasteiger partial charge in [0.2, 0.25) is 0 Å². The second-order valence-electron chi connectivity index (χ2n) is 2.43. The molecule has 0 unspecified atom stereocenters. The normalized spacial score (nSPS) is 18.9. The molecule has 0 spiro atoms. The van der Waals surface area contributed by atoms with Gasteiger partial charge in [-0.05, 0) is 12.3 Å². The number of rotatable bonds is 3. The van der Waals surface area contributed by atoms with Crippen LogP contribution in [0, 0.1) is 5.92 Å². The Morgan fingerprint density at radius 3 is 2.44 bits per heavy atom. The number of carboxylic acids is 1. The average molecular weight is 132 g/mol. The number of carbonyl (C=O) groups is 1. The van der Waals surface area contributed by atoms with E-state index < -0.39 is 12.0 Å². The van der Waals surface area contributed by atoms with Crippen LogP contribution in [0.5, 0.6) is 0 Å². The summed E-state index contributed by atoms with van der Waals surface area (Å²) >= 11 is 0. The minimum atomic E-state index is -1.81. The van der Waals surface area contributed by atoms with Gasteiger partial charge in [0.15, 0.2) is 0 Å². The van der Waals surface area contributed by atoms with Crippen LogP contribution in [0.25, 0.3) is 0 Å². The molecule has 0 aromatic rings. The van der Waals surface area contributed by atoms with Crippen LogP contribution in [0.15, 0.2) is 0 Å². The fourth-order valence-electron chi connectivity index (χ4n) is 0.527. The lowest BCUT2D eigenvalue weighted by atomic mass is 10.1. The topological polar surface area (TPSA) is 63.3 Å². The quantitative estimate of drug-likeness (QED) is 0.585. The Morgan fingerprint density at radius 1 is 1.89 bits per heavy atom. The van der Waals surface area contributed by atoms with Crippen molar-refractivity contribution in [1.82, 2.24) is 0 Å². The zero-order valence-electron chi connectivity index (χ0n) is 6.72. The van der Waals surface area contributed by atoms with E-state index >= 15 is 0 Å². The molecule has 3 heteroatoms. The molecule has 0 bridgehead atoms. The third kappa shape index (κ3) is 3.97. The third-order valence-electron chi connectivity index (χ3n) is 0.903. The molecule has 0 saturated heterocycles. The molecule has 0 heterocycles. The zero-order chi connectivity index (χ0) is 8.36. The van der Waals surface area contributed by atoms with Crippen molar-refractivity contribution in [3.8, 4) is 0 Å². The molecule has 9 heavy (non-hydrogen) atoms. The van der Waals surface area contributed by atoms with E-state index in [2.05, 4.69) is 0 Å². The van der Waals surface area contributed by atoms with Gasteiger partial charge < -0.3 is 10.8 Å². The number of hydrogen-bond acceptors (Lipinski definition) is 2. The first-order valence-corrected chi connectivity index (χ1v) is 2.88. The number of hydrogen-bond donors (Lipinski definition) is 2. The van der Waals surface area contributed by atoms with E-state index in [-0.39, 0.29) is 12.3 Å². The molecule has 0 radical (unpaired) electrons. The molecule has 0 fully saturated rings. The molecule has 0 aromatic heterocycles. The predicted octanol–water partition coefficient (Wildman–Crippen LogP) is 0.444. The summed E-state index contributed by atoms with van der Waals surface area (Å²) in [5.74, 6) is -1.13. The minimum Gasteiger partial charge on any atom is -0.480 e. The van der Waals surface area contributed by atoms with Crippen molar-refractivity contribution in [2.75, 3.05) is 0 Å². The van der Waals surface area contributed by atoms with Gasteiger partial charge in [0.1, 0.15) is 6.02 Å². The molecule has 0 saturated carbocycles. The Hall–Kier alpha value is -0.570. The lowest BCUT2D eigenvalue weighted by Gasteiger charge is -2.07. The molecule has 0 aliphatic carbocycles. The lowest BCUT2D eigenvalue weighted by Crippen LogP contribution is -2.31. The first kappa shape index (κ1) is 6.55. The van der Waals surface area contributed by atoms with Crippen LogP contribution in [0.3, 0.4) is 0 Å². The lowest BCUT2D eigenvalue weighted by molar-refractivity contribution is -0.138. The minimum absolute atomic E-state index is 0.138. The Kier molecular flexibility index (Phi) is 2.51. The first-order valence-electron chi connectivity index (χ1n) is 3.38. The van der Waals surface area contributed by atoms with Crippen LogP contribution >= 0.6 is 0 Å². The van der Waals surface area contributed by atoms with Crippen molar-refractivity contribution in [2.24, 2.45) is 11.7 Å². The smallest absolute Gasteiger partial charge is 0.320 e. The van der Waals surface area contributed by atoms with Gasteiger partial charge in [0.05, 0.1) is 1.37 Å². The first-order chi connectivity index (χ1) is 4.36. The molecule has 3 N–H and O–H groups in total. The van der Waals surface area contributed by atoms with Crippen LogP contribution in [0.4, 0.5) is 0 Å². The number of aliphatic carboxylic acids is 1. The van der Waals surface area contributed by atoms with E-state index in [1.54, 1.807) is 0 Å². The van der Waals surface area contributed by atoms with Crippen molar-refractivity contribution in [3.05, 3.63) is 0 Å². The molecule has 54 valence electrons. The van der Waals surface area contributed by atoms with Crippen molar-refractivity contribution in [2.45, 2.75) is 26.3 Å². The van der Waals surface area contributed by atoms with Crippen molar-refractivity contribution < 1.29 is 11.3 Å². The molecule has 0 aliphatic rings. The van der Waals surface area contributed by atoms with Crippen molar-refractivity contribution in [3.63, 3.8) is 0 Å². The van der Waals surface area contributed by atoms with E-state index in [4.69, 9.17) is 12.2 Å². The highest BCUT2D eigenvalue weighted by Gasteiger charge is 2.11. The monoisotopic (exact) mass is 132 g/mol. The van der Waals surface area contributed by atoms with Crippen molar-refractivity contribution in [1.29, 1.82) is 0 Å². The van der Waals surface area contributed by atoms with Crippen LogP contribution in [-0.4, -0.2) is 17.1 Å². The van der Waals surface area contributed by atoms with Gasteiger partial charge in [-0.3, -0.25) is 4.79 Å². The van der Waals surface area contributed by atoms with Crippen LogP contribution < -0.4 is 5.73 Å². The van der Waals surface area contributed by atoms with E-state index in [1.807, 2.05) is 13.8 Å². The summed E-state index contributed by atoms with van der Waals surface area (Å²) in [5.41, 5.74) is 5.13. The zero-order valence-corrected chi connectivity index (χ0v) is 5.72. The SMILES string of the molecule is [2H][C@](N)(CC(C)C)C(=O)O. The maximum absolute atomic E-state index is 10.2. The van der Waals surface area contributed by atoms with E-state index in [9.17, 15) is 4.79 Å². The number of nitrogens with two attached hydrogens (primary N) is 1. The Morgan fingerprint density at radius 2 is 2.33 bits per heavy atom. The Balaban J connectivity index is 4.00. The summed E-state index contributed by atoms with van der Waals surface area (Å²) in [6.07, 6.45) is 0.183. The van der Waals surface area contributed by atoms with Gasteiger partial charge in [0.25, 0.3) is 0 Å². The molecule has 0 aromatic carbocycles. The van der Waals surface area contributed by atoms with E-state index in [0.717, 1.165) is 0 Å². The summed E-state index contributed by atoms with van der Waals surface area (Å²) in [6, 6.07) is -1.81. The summed E-state index contributed by atoms with van der Waals surface area (Å²) in [5, 5.41) is 8.38. The van der Waals surface area contributed by atoms with E-state index in [1.165, 1.54) is 0 Å². The van der Waals surface area contributed by atoms with Gasteiger partial charge >= 0.3 is 5.97 Å². The summed E-state index contributed by atoms with van der Waals surface area (Å²) in [6.45, 7) is 3.66. The van der Waals surface area contributed by atoms with Gasteiger partial charge in [-0.1, -0.05) is 13.8 Å².